The van der Waals surface area contributed by atoms with Crippen molar-refractivity contribution in [3.8, 4) is 0 Å². The van der Waals surface area contributed by atoms with Gasteiger partial charge in [0.05, 0.1) is 11.3 Å². The first kappa shape index (κ1) is 15.1. The van der Waals surface area contributed by atoms with Crippen LogP contribution in [0.2, 0.25) is 0 Å². The highest BCUT2D eigenvalue weighted by molar-refractivity contribution is 4.91. The standard InChI is InChI=1S/C13H26N4O/c1-11(2)8-14-9-12-10-17(16-15-12)7-6-13(3,4)18-5/h10-11,14H,6-9H2,1-5H3. The molecule has 0 radical (unpaired) electrons. The van der Waals surface area contributed by atoms with Gasteiger partial charge in [-0.1, -0.05) is 19.1 Å². The minimum absolute atomic E-state index is 0.109. The summed E-state index contributed by atoms with van der Waals surface area (Å²) in [6.07, 6.45) is 2.92. The zero-order valence-electron chi connectivity index (χ0n) is 12.2. The van der Waals surface area contributed by atoms with Crippen molar-refractivity contribution in [1.29, 1.82) is 0 Å². The fourth-order valence-electron chi connectivity index (χ4n) is 1.50. The zero-order valence-corrected chi connectivity index (χ0v) is 12.2. The Morgan fingerprint density at radius 3 is 2.78 bits per heavy atom. The molecule has 0 fully saturated rings. The molecule has 1 rings (SSSR count). The Bertz CT molecular complexity index is 347. The fraction of sp³-hybridized carbons (Fsp3) is 0.846. The molecule has 0 aliphatic heterocycles. The minimum Gasteiger partial charge on any atom is -0.379 e. The van der Waals surface area contributed by atoms with E-state index < -0.39 is 0 Å². The number of nitrogens with zero attached hydrogens (tertiary/aromatic N) is 3. The van der Waals surface area contributed by atoms with Gasteiger partial charge in [-0.15, -0.1) is 5.10 Å². The van der Waals surface area contributed by atoms with Gasteiger partial charge in [0.1, 0.15) is 0 Å². The molecule has 5 heteroatoms. The zero-order chi connectivity index (χ0) is 13.6. The predicted octanol–water partition coefficient (Wildman–Crippen LogP) is 1.84. The summed E-state index contributed by atoms with van der Waals surface area (Å²) in [4.78, 5) is 0. The molecule has 1 aromatic heterocycles. The molecule has 5 nitrogen and oxygen atoms in total. The molecule has 0 atom stereocenters. The van der Waals surface area contributed by atoms with Gasteiger partial charge in [0, 0.05) is 26.4 Å². The predicted molar refractivity (Wildman–Crippen MR) is 72.3 cm³/mol. The van der Waals surface area contributed by atoms with Gasteiger partial charge in [-0.2, -0.15) is 0 Å². The second kappa shape index (κ2) is 6.85. The van der Waals surface area contributed by atoms with E-state index >= 15 is 0 Å². The van der Waals surface area contributed by atoms with Gasteiger partial charge in [0.15, 0.2) is 0 Å². The molecule has 0 spiro atoms. The summed E-state index contributed by atoms with van der Waals surface area (Å²) in [6, 6.07) is 0. The van der Waals surface area contributed by atoms with Gasteiger partial charge < -0.3 is 10.1 Å². The van der Waals surface area contributed by atoms with Crippen LogP contribution in [0.3, 0.4) is 0 Å². The molecule has 0 aliphatic carbocycles. The summed E-state index contributed by atoms with van der Waals surface area (Å²) in [6.45, 7) is 11.2. The van der Waals surface area contributed by atoms with Crippen molar-refractivity contribution in [3.63, 3.8) is 0 Å². The topological polar surface area (TPSA) is 52.0 Å². The highest BCUT2D eigenvalue weighted by atomic mass is 16.5. The van der Waals surface area contributed by atoms with Gasteiger partial charge in [-0.3, -0.25) is 4.68 Å². The van der Waals surface area contributed by atoms with Crippen molar-refractivity contribution < 1.29 is 4.74 Å². The molecule has 18 heavy (non-hydrogen) atoms. The van der Waals surface area contributed by atoms with Crippen LogP contribution in [0, 0.1) is 5.92 Å². The van der Waals surface area contributed by atoms with E-state index in [1.165, 1.54) is 0 Å². The summed E-state index contributed by atoms with van der Waals surface area (Å²) < 4.78 is 7.27. The highest BCUT2D eigenvalue weighted by Gasteiger charge is 2.16. The van der Waals surface area contributed by atoms with Gasteiger partial charge in [-0.25, -0.2) is 0 Å². The van der Waals surface area contributed by atoms with Gasteiger partial charge in [0.25, 0.3) is 0 Å². The third-order valence-electron chi connectivity index (χ3n) is 2.94. The van der Waals surface area contributed by atoms with Gasteiger partial charge >= 0.3 is 0 Å². The summed E-state index contributed by atoms with van der Waals surface area (Å²) in [7, 11) is 1.74. The van der Waals surface area contributed by atoms with Crippen LogP contribution in [-0.2, 0) is 17.8 Å². The van der Waals surface area contributed by atoms with Crippen LogP contribution in [0.1, 0.15) is 39.8 Å². The molecular weight excluding hydrogens is 228 g/mol. The fourth-order valence-corrected chi connectivity index (χ4v) is 1.50. The normalized spacial score (nSPS) is 12.3. The Hall–Kier alpha value is -0.940. The van der Waals surface area contributed by atoms with E-state index in [0.717, 1.165) is 31.7 Å². The van der Waals surface area contributed by atoms with Crippen LogP contribution >= 0.6 is 0 Å². The SMILES string of the molecule is COC(C)(C)CCn1cc(CNCC(C)C)nn1. The van der Waals surface area contributed by atoms with Crippen molar-refractivity contribution in [2.24, 2.45) is 5.92 Å². The Kier molecular flexibility index (Phi) is 5.75. The lowest BCUT2D eigenvalue weighted by Crippen LogP contribution is -2.24. The Morgan fingerprint density at radius 1 is 1.44 bits per heavy atom. The van der Waals surface area contributed by atoms with Crippen LogP contribution in [0.4, 0.5) is 0 Å². The van der Waals surface area contributed by atoms with Crippen LogP contribution in [0.15, 0.2) is 6.20 Å². The number of ether oxygens (including phenoxy) is 1. The summed E-state index contributed by atoms with van der Waals surface area (Å²) >= 11 is 0. The second-order valence-electron chi connectivity index (χ2n) is 5.71. The summed E-state index contributed by atoms with van der Waals surface area (Å²) in [5.74, 6) is 0.655. The molecule has 1 aromatic rings. The minimum atomic E-state index is -0.109. The number of hydrogen-bond donors (Lipinski definition) is 1. The molecule has 0 unspecified atom stereocenters. The molecule has 0 saturated heterocycles. The molecule has 0 saturated carbocycles. The Labute approximate surface area is 110 Å². The molecule has 0 aliphatic rings. The second-order valence-corrected chi connectivity index (χ2v) is 5.71. The van der Waals surface area contributed by atoms with Crippen molar-refractivity contribution in [1.82, 2.24) is 20.3 Å². The monoisotopic (exact) mass is 254 g/mol. The third-order valence-corrected chi connectivity index (χ3v) is 2.94. The molecule has 104 valence electrons. The van der Waals surface area contributed by atoms with Gasteiger partial charge in [0.2, 0.25) is 0 Å². The molecular formula is C13H26N4O. The number of nitrogens with one attached hydrogen (secondary N) is 1. The van der Waals surface area contributed by atoms with E-state index in [1.54, 1.807) is 7.11 Å². The maximum absolute atomic E-state index is 5.38. The quantitative estimate of drug-likeness (QED) is 0.769. The lowest BCUT2D eigenvalue weighted by atomic mass is 10.1. The van der Waals surface area contributed by atoms with E-state index in [9.17, 15) is 0 Å². The van der Waals surface area contributed by atoms with Crippen molar-refractivity contribution in [3.05, 3.63) is 11.9 Å². The maximum Gasteiger partial charge on any atom is 0.0964 e. The van der Waals surface area contributed by atoms with Crippen molar-refractivity contribution in [2.45, 2.75) is 52.8 Å². The lowest BCUT2D eigenvalue weighted by molar-refractivity contribution is 0.0112. The first-order valence-electron chi connectivity index (χ1n) is 6.58. The highest BCUT2D eigenvalue weighted by Crippen LogP contribution is 2.13. The number of aryl methyl sites for hydroxylation is 1. The lowest BCUT2D eigenvalue weighted by Gasteiger charge is -2.22. The van der Waals surface area contributed by atoms with E-state index in [1.807, 2.05) is 10.9 Å². The molecule has 1 N–H and O–H groups in total. The average Bonchev–Trinajstić information content (AvgIpc) is 2.74. The largest absolute Gasteiger partial charge is 0.379 e. The Balaban J connectivity index is 2.34. The number of methoxy groups -OCH3 is 1. The molecule has 0 bridgehead atoms. The van der Waals surface area contributed by atoms with Crippen molar-refractivity contribution >= 4 is 0 Å². The summed E-state index contributed by atoms with van der Waals surface area (Å²) in [5.41, 5.74) is 0.882. The molecule has 0 amide bonds. The molecule has 0 aromatic carbocycles. The number of hydrogen-bond acceptors (Lipinski definition) is 4. The van der Waals surface area contributed by atoms with Crippen LogP contribution in [0.25, 0.3) is 0 Å². The number of rotatable bonds is 8. The number of aromatic nitrogens is 3. The van der Waals surface area contributed by atoms with Crippen LogP contribution in [-0.4, -0.2) is 34.2 Å². The summed E-state index contributed by atoms with van der Waals surface area (Å²) in [5, 5.41) is 11.6. The smallest absolute Gasteiger partial charge is 0.0964 e. The first-order chi connectivity index (χ1) is 8.43. The maximum atomic E-state index is 5.38. The average molecular weight is 254 g/mol. The van der Waals surface area contributed by atoms with E-state index in [0.29, 0.717) is 5.92 Å². The van der Waals surface area contributed by atoms with Crippen LogP contribution in [0.5, 0.6) is 0 Å². The van der Waals surface area contributed by atoms with E-state index in [2.05, 4.69) is 43.3 Å². The van der Waals surface area contributed by atoms with Crippen molar-refractivity contribution in [2.75, 3.05) is 13.7 Å². The third kappa shape index (κ3) is 5.60. The van der Waals surface area contributed by atoms with Gasteiger partial charge in [-0.05, 0) is 32.7 Å². The van der Waals surface area contributed by atoms with Crippen LogP contribution < -0.4 is 5.32 Å². The Morgan fingerprint density at radius 2 is 2.17 bits per heavy atom. The van der Waals surface area contributed by atoms with E-state index in [4.69, 9.17) is 4.74 Å². The van der Waals surface area contributed by atoms with E-state index in [-0.39, 0.29) is 5.60 Å². The first-order valence-corrected chi connectivity index (χ1v) is 6.58. The molecule has 1 heterocycles.